The zero-order valence-corrected chi connectivity index (χ0v) is 18.3. The van der Waals surface area contributed by atoms with E-state index < -0.39 is 23.8 Å². The molecule has 2 aromatic heterocycles. The van der Waals surface area contributed by atoms with Gasteiger partial charge in [-0.1, -0.05) is 0 Å². The predicted octanol–water partition coefficient (Wildman–Crippen LogP) is 4.64. The quantitative estimate of drug-likeness (QED) is 0.570. The first kappa shape index (κ1) is 23.1. The van der Waals surface area contributed by atoms with E-state index >= 15 is 0 Å². The highest BCUT2D eigenvalue weighted by Gasteiger charge is 2.33. The van der Waals surface area contributed by atoms with E-state index in [0.717, 1.165) is 17.4 Å². The van der Waals surface area contributed by atoms with E-state index in [9.17, 15) is 23.2 Å². The maximum absolute atomic E-state index is 13.0. The maximum Gasteiger partial charge on any atom is 0.433 e. The van der Waals surface area contributed by atoms with Crippen molar-refractivity contribution in [3.8, 4) is 23.3 Å². The standard InChI is InChI=1S/C21H18F3N3O4S/c1-10-12-5-6-16(21(22,23)24)27-20(12)32-18(10)19(28)26-13(9-25)11-7-14(29-2)17(31-4)15(8-11)30-3/h5-8,13H,1-4H3,(H,26,28). The molecular formula is C21H18F3N3O4S. The SMILES string of the molecule is COc1cc(C(C#N)NC(=O)c2sc3nc(C(F)(F)F)ccc3c2C)cc(OC)c1OC. The largest absolute Gasteiger partial charge is 0.493 e. The number of aromatic nitrogens is 1. The van der Waals surface area contributed by atoms with Crippen molar-refractivity contribution in [2.45, 2.75) is 19.1 Å². The summed E-state index contributed by atoms with van der Waals surface area (Å²) in [6.45, 7) is 1.61. The fraction of sp³-hybridized carbons (Fsp3) is 0.286. The van der Waals surface area contributed by atoms with Gasteiger partial charge < -0.3 is 19.5 Å². The van der Waals surface area contributed by atoms with Crippen molar-refractivity contribution in [3.63, 3.8) is 0 Å². The van der Waals surface area contributed by atoms with Crippen LogP contribution in [0, 0.1) is 18.3 Å². The molecule has 3 rings (SSSR count). The van der Waals surface area contributed by atoms with Crippen molar-refractivity contribution in [1.29, 1.82) is 5.26 Å². The minimum absolute atomic E-state index is 0.0868. The second-order valence-electron chi connectivity index (χ2n) is 6.60. The van der Waals surface area contributed by atoms with Crippen LogP contribution in [0.15, 0.2) is 24.3 Å². The molecular weight excluding hydrogens is 447 g/mol. The normalized spacial score (nSPS) is 12.2. The number of nitrogens with zero attached hydrogens (tertiary/aromatic N) is 2. The molecule has 168 valence electrons. The Morgan fingerprint density at radius 1 is 1.16 bits per heavy atom. The summed E-state index contributed by atoms with van der Waals surface area (Å²) >= 11 is 0.829. The number of fused-ring (bicyclic) bond motifs is 1. The lowest BCUT2D eigenvalue weighted by atomic mass is 10.1. The van der Waals surface area contributed by atoms with Crippen LogP contribution in [-0.2, 0) is 6.18 Å². The first-order valence-corrected chi connectivity index (χ1v) is 9.94. The van der Waals surface area contributed by atoms with Gasteiger partial charge in [0.25, 0.3) is 5.91 Å². The van der Waals surface area contributed by atoms with E-state index in [0.29, 0.717) is 33.8 Å². The number of nitriles is 1. The number of pyridine rings is 1. The van der Waals surface area contributed by atoms with Crippen molar-refractivity contribution in [2.75, 3.05) is 21.3 Å². The van der Waals surface area contributed by atoms with Crippen molar-refractivity contribution in [2.24, 2.45) is 0 Å². The van der Waals surface area contributed by atoms with E-state index in [1.807, 2.05) is 6.07 Å². The van der Waals surface area contributed by atoms with E-state index in [1.165, 1.54) is 39.5 Å². The third-order valence-electron chi connectivity index (χ3n) is 4.73. The van der Waals surface area contributed by atoms with Gasteiger partial charge in [-0.2, -0.15) is 18.4 Å². The number of benzene rings is 1. The van der Waals surface area contributed by atoms with Gasteiger partial charge in [-0.3, -0.25) is 4.79 Å². The van der Waals surface area contributed by atoms with Crippen LogP contribution in [0.25, 0.3) is 10.2 Å². The number of hydrogen-bond acceptors (Lipinski definition) is 7. The second kappa shape index (κ2) is 8.92. The molecule has 1 N–H and O–H groups in total. The number of rotatable bonds is 6. The van der Waals surface area contributed by atoms with Crippen LogP contribution in [0.4, 0.5) is 13.2 Å². The lowest BCUT2D eigenvalue weighted by Crippen LogP contribution is -2.27. The van der Waals surface area contributed by atoms with Gasteiger partial charge in [0, 0.05) is 5.39 Å². The predicted molar refractivity (Wildman–Crippen MR) is 111 cm³/mol. The summed E-state index contributed by atoms with van der Waals surface area (Å²) in [6.07, 6.45) is -4.59. The number of thiophene rings is 1. The molecule has 0 spiro atoms. The molecule has 0 saturated heterocycles. The molecule has 0 fully saturated rings. The summed E-state index contributed by atoms with van der Waals surface area (Å²) in [5, 5.41) is 12.7. The molecule has 0 aliphatic rings. The Bertz CT molecular complexity index is 1190. The third-order valence-corrected chi connectivity index (χ3v) is 5.93. The Hall–Kier alpha value is -3.52. The fourth-order valence-electron chi connectivity index (χ4n) is 3.13. The monoisotopic (exact) mass is 465 g/mol. The maximum atomic E-state index is 13.0. The first-order valence-electron chi connectivity index (χ1n) is 9.12. The Morgan fingerprint density at radius 2 is 1.78 bits per heavy atom. The van der Waals surface area contributed by atoms with E-state index in [4.69, 9.17) is 14.2 Å². The minimum Gasteiger partial charge on any atom is -0.493 e. The second-order valence-corrected chi connectivity index (χ2v) is 7.60. The Labute approximate surface area is 185 Å². The third kappa shape index (κ3) is 4.27. The zero-order valence-electron chi connectivity index (χ0n) is 17.5. The van der Waals surface area contributed by atoms with Gasteiger partial charge in [0.1, 0.15) is 16.6 Å². The van der Waals surface area contributed by atoms with Gasteiger partial charge in [-0.15, -0.1) is 11.3 Å². The molecule has 0 bridgehead atoms. The number of alkyl halides is 3. The lowest BCUT2D eigenvalue weighted by molar-refractivity contribution is -0.140. The molecule has 0 aliphatic heterocycles. The van der Waals surface area contributed by atoms with Crippen molar-refractivity contribution < 1.29 is 32.2 Å². The zero-order chi connectivity index (χ0) is 23.6. The van der Waals surface area contributed by atoms with Gasteiger partial charge in [0.15, 0.2) is 11.5 Å². The van der Waals surface area contributed by atoms with E-state index in [1.54, 1.807) is 6.92 Å². The van der Waals surface area contributed by atoms with Gasteiger partial charge in [-0.25, -0.2) is 4.98 Å². The topological polar surface area (TPSA) is 93.5 Å². The molecule has 11 heteroatoms. The number of carbonyl (C=O) groups excluding carboxylic acids is 1. The van der Waals surface area contributed by atoms with Gasteiger partial charge in [0.05, 0.1) is 32.3 Å². The van der Waals surface area contributed by atoms with Gasteiger partial charge >= 0.3 is 6.18 Å². The van der Waals surface area contributed by atoms with E-state index in [2.05, 4.69) is 10.3 Å². The molecule has 32 heavy (non-hydrogen) atoms. The number of ether oxygens (including phenoxy) is 3. The van der Waals surface area contributed by atoms with Crippen molar-refractivity contribution in [1.82, 2.24) is 10.3 Å². The lowest BCUT2D eigenvalue weighted by Gasteiger charge is -2.17. The average Bonchev–Trinajstić information content (AvgIpc) is 3.11. The summed E-state index contributed by atoms with van der Waals surface area (Å²) < 4.78 is 54.7. The number of aryl methyl sites for hydroxylation is 1. The van der Waals surface area contributed by atoms with E-state index in [-0.39, 0.29) is 9.71 Å². The van der Waals surface area contributed by atoms with Gasteiger partial charge in [0.2, 0.25) is 5.75 Å². The molecule has 1 amide bonds. The molecule has 3 aromatic rings. The summed E-state index contributed by atoms with van der Waals surface area (Å²) in [5.41, 5.74) is -0.178. The highest BCUT2D eigenvalue weighted by Crippen LogP contribution is 2.40. The molecule has 0 aliphatic carbocycles. The highest BCUT2D eigenvalue weighted by molar-refractivity contribution is 7.20. The molecule has 0 saturated carbocycles. The van der Waals surface area contributed by atoms with Crippen molar-refractivity contribution in [3.05, 3.63) is 46.0 Å². The smallest absolute Gasteiger partial charge is 0.433 e. The fourth-order valence-corrected chi connectivity index (χ4v) is 4.21. The number of amides is 1. The van der Waals surface area contributed by atoms with Crippen LogP contribution in [0.1, 0.15) is 32.5 Å². The average molecular weight is 465 g/mol. The molecule has 1 unspecified atom stereocenters. The number of hydrogen-bond donors (Lipinski definition) is 1. The molecule has 7 nitrogen and oxygen atoms in total. The summed E-state index contributed by atoms with van der Waals surface area (Å²) in [4.78, 5) is 16.8. The summed E-state index contributed by atoms with van der Waals surface area (Å²) in [6, 6.07) is 6.14. The number of halogens is 3. The molecule has 2 heterocycles. The Balaban J connectivity index is 1.96. The molecule has 1 aromatic carbocycles. The van der Waals surface area contributed by atoms with Crippen LogP contribution >= 0.6 is 11.3 Å². The molecule has 1 atom stereocenters. The number of methoxy groups -OCH3 is 3. The number of carbonyl (C=O) groups is 1. The Morgan fingerprint density at radius 3 is 2.28 bits per heavy atom. The molecule has 0 radical (unpaired) electrons. The van der Waals surface area contributed by atoms with Crippen molar-refractivity contribution >= 4 is 27.5 Å². The first-order chi connectivity index (χ1) is 15.1. The van der Waals surface area contributed by atoms with Gasteiger partial charge in [-0.05, 0) is 42.3 Å². The summed E-state index contributed by atoms with van der Waals surface area (Å²) in [5.74, 6) is 0.324. The van der Waals surface area contributed by atoms with Crippen LogP contribution in [-0.4, -0.2) is 32.2 Å². The van der Waals surface area contributed by atoms with Crippen LogP contribution in [0.5, 0.6) is 17.2 Å². The van der Waals surface area contributed by atoms with Crippen LogP contribution in [0.3, 0.4) is 0 Å². The Kier molecular flexibility index (Phi) is 6.45. The minimum atomic E-state index is -4.59. The van der Waals surface area contributed by atoms with Crippen LogP contribution < -0.4 is 19.5 Å². The summed E-state index contributed by atoms with van der Waals surface area (Å²) in [7, 11) is 4.28. The van der Waals surface area contributed by atoms with Crippen LogP contribution in [0.2, 0.25) is 0 Å². The number of nitrogens with one attached hydrogen (secondary N) is 1. The highest BCUT2D eigenvalue weighted by atomic mass is 32.1.